The molecule has 1 atom stereocenters. The molecule has 114 valence electrons. The van der Waals surface area contributed by atoms with Crippen molar-refractivity contribution in [1.82, 2.24) is 15.5 Å². The standard InChI is InChI=1S/C15H27N3O2/c1-3-6-15(7-9-17-10-8-15)14(20)18-11-4-5-12(18)13(19)16-2/h12,17H,3-11H2,1-2H3,(H,16,19). The van der Waals surface area contributed by atoms with Gasteiger partial charge in [0.15, 0.2) is 0 Å². The number of carbonyl (C=O) groups is 2. The predicted octanol–water partition coefficient (Wildman–Crippen LogP) is 0.893. The van der Waals surface area contributed by atoms with Crippen molar-refractivity contribution in [2.24, 2.45) is 5.41 Å². The van der Waals surface area contributed by atoms with E-state index in [-0.39, 0.29) is 23.3 Å². The third-order valence-corrected chi connectivity index (χ3v) is 4.81. The van der Waals surface area contributed by atoms with E-state index in [4.69, 9.17) is 0 Å². The lowest BCUT2D eigenvalue weighted by Gasteiger charge is -2.40. The van der Waals surface area contributed by atoms with E-state index in [0.29, 0.717) is 0 Å². The second kappa shape index (κ2) is 6.57. The van der Waals surface area contributed by atoms with Gasteiger partial charge in [0.25, 0.3) is 0 Å². The predicted molar refractivity (Wildman–Crippen MR) is 78.2 cm³/mol. The van der Waals surface area contributed by atoms with Gasteiger partial charge in [-0.25, -0.2) is 0 Å². The number of likely N-dealkylation sites (N-methyl/N-ethyl adjacent to an activating group) is 1. The largest absolute Gasteiger partial charge is 0.357 e. The molecule has 20 heavy (non-hydrogen) atoms. The van der Waals surface area contributed by atoms with Crippen LogP contribution in [0.5, 0.6) is 0 Å². The third kappa shape index (κ3) is 2.82. The number of rotatable bonds is 4. The van der Waals surface area contributed by atoms with Gasteiger partial charge in [-0.1, -0.05) is 13.3 Å². The summed E-state index contributed by atoms with van der Waals surface area (Å²) in [4.78, 5) is 26.9. The Kier molecular flexibility index (Phi) is 5.02. The number of hydrogen-bond donors (Lipinski definition) is 2. The van der Waals surface area contributed by atoms with Crippen LogP contribution in [0.25, 0.3) is 0 Å². The number of hydrogen-bond acceptors (Lipinski definition) is 3. The van der Waals surface area contributed by atoms with Gasteiger partial charge in [0.1, 0.15) is 6.04 Å². The molecule has 2 amide bonds. The summed E-state index contributed by atoms with van der Waals surface area (Å²) in [7, 11) is 1.65. The van der Waals surface area contributed by atoms with Crippen molar-refractivity contribution >= 4 is 11.8 Å². The molecule has 2 aliphatic heterocycles. The van der Waals surface area contributed by atoms with Gasteiger partial charge in [-0.2, -0.15) is 0 Å². The summed E-state index contributed by atoms with van der Waals surface area (Å²) < 4.78 is 0. The maximum absolute atomic E-state index is 13.1. The molecule has 0 saturated carbocycles. The molecule has 2 aliphatic rings. The first-order valence-electron chi connectivity index (χ1n) is 7.88. The number of amides is 2. The average molecular weight is 281 g/mol. The highest BCUT2D eigenvalue weighted by atomic mass is 16.2. The van der Waals surface area contributed by atoms with E-state index in [1.807, 2.05) is 4.90 Å². The quantitative estimate of drug-likeness (QED) is 0.804. The van der Waals surface area contributed by atoms with Crippen molar-refractivity contribution in [2.45, 2.75) is 51.5 Å². The molecule has 0 bridgehead atoms. The molecule has 0 aromatic carbocycles. The Bertz CT molecular complexity index is 359. The van der Waals surface area contributed by atoms with E-state index in [0.717, 1.165) is 58.2 Å². The van der Waals surface area contributed by atoms with Gasteiger partial charge in [0, 0.05) is 13.6 Å². The zero-order valence-corrected chi connectivity index (χ0v) is 12.7. The lowest BCUT2D eigenvalue weighted by Crippen LogP contribution is -2.53. The SMILES string of the molecule is CCCC1(C(=O)N2CCCC2C(=O)NC)CCNCC1. The highest BCUT2D eigenvalue weighted by molar-refractivity contribution is 5.90. The van der Waals surface area contributed by atoms with Gasteiger partial charge in [-0.3, -0.25) is 9.59 Å². The summed E-state index contributed by atoms with van der Waals surface area (Å²) in [6.45, 7) is 4.68. The molecule has 0 aromatic heterocycles. The first kappa shape index (κ1) is 15.3. The van der Waals surface area contributed by atoms with E-state index in [9.17, 15) is 9.59 Å². The van der Waals surface area contributed by atoms with Crippen molar-refractivity contribution in [2.75, 3.05) is 26.7 Å². The monoisotopic (exact) mass is 281 g/mol. The zero-order valence-electron chi connectivity index (χ0n) is 12.7. The van der Waals surface area contributed by atoms with Crippen LogP contribution in [0.4, 0.5) is 0 Å². The van der Waals surface area contributed by atoms with Crippen LogP contribution in [0.1, 0.15) is 45.4 Å². The average Bonchev–Trinajstić information content (AvgIpc) is 2.96. The van der Waals surface area contributed by atoms with Crippen molar-refractivity contribution in [3.63, 3.8) is 0 Å². The molecule has 0 aromatic rings. The van der Waals surface area contributed by atoms with Crippen LogP contribution in [0.2, 0.25) is 0 Å². The minimum Gasteiger partial charge on any atom is -0.357 e. The van der Waals surface area contributed by atoms with Crippen LogP contribution in [0.15, 0.2) is 0 Å². The van der Waals surface area contributed by atoms with Crippen LogP contribution in [-0.2, 0) is 9.59 Å². The lowest BCUT2D eigenvalue weighted by atomic mass is 9.74. The van der Waals surface area contributed by atoms with E-state index in [1.54, 1.807) is 7.05 Å². The van der Waals surface area contributed by atoms with Crippen molar-refractivity contribution in [3.05, 3.63) is 0 Å². The fraction of sp³-hybridized carbons (Fsp3) is 0.867. The lowest BCUT2D eigenvalue weighted by molar-refractivity contribution is -0.148. The normalized spacial score (nSPS) is 25.5. The molecule has 5 heteroatoms. The molecule has 2 rings (SSSR count). The smallest absolute Gasteiger partial charge is 0.242 e. The summed E-state index contributed by atoms with van der Waals surface area (Å²) in [5, 5.41) is 6.03. The van der Waals surface area contributed by atoms with Crippen molar-refractivity contribution in [3.8, 4) is 0 Å². The molecule has 0 radical (unpaired) electrons. The Morgan fingerprint density at radius 2 is 2.05 bits per heavy atom. The fourth-order valence-corrected chi connectivity index (χ4v) is 3.71. The molecule has 2 fully saturated rings. The zero-order chi connectivity index (χ0) is 14.6. The van der Waals surface area contributed by atoms with Crippen LogP contribution < -0.4 is 10.6 Å². The third-order valence-electron chi connectivity index (χ3n) is 4.81. The summed E-state index contributed by atoms with van der Waals surface area (Å²) in [6, 6.07) is -0.254. The van der Waals surface area contributed by atoms with Crippen LogP contribution in [0.3, 0.4) is 0 Å². The molecular weight excluding hydrogens is 254 g/mol. The Morgan fingerprint density at radius 3 is 2.65 bits per heavy atom. The van der Waals surface area contributed by atoms with E-state index in [1.165, 1.54) is 0 Å². The Balaban J connectivity index is 2.16. The second-order valence-electron chi connectivity index (χ2n) is 6.05. The number of nitrogens with one attached hydrogen (secondary N) is 2. The molecular formula is C15H27N3O2. The molecule has 2 heterocycles. The summed E-state index contributed by atoms with van der Waals surface area (Å²) >= 11 is 0. The highest BCUT2D eigenvalue weighted by Gasteiger charge is 2.45. The van der Waals surface area contributed by atoms with Gasteiger partial charge in [0.05, 0.1) is 5.41 Å². The van der Waals surface area contributed by atoms with E-state index in [2.05, 4.69) is 17.6 Å². The Morgan fingerprint density at radius 1 is 1.35 bits per heavy atom. The maximum Gasteiger partial charge on any atom is 0.242 e. The second-order valence-corrected chi connectivity index (χ2v) is 6.05. The van der Waals surface area contributed by atoms with Crippen molar-refractivity contribution in [1.29, 1.82) is 0 Å². The molecule has 0 aliphatic carbocycles. The maximum atomic E-state index is 13.1. The van der Waals surface area contributed by atoms with E-state index < -0.39 is 0 Å². The number of carbonyl (C=O) groups excluding carboxylic acids is 2. The highest BCUT2D eigenvalue weighted by Crippen LogP contribution is 2.38. The first-order chi connectivity index (χ1) is 9.64. The molecule has 1 unspecified atom stereocenters. The van der Waals surface area contributed by atoms with Gasteiger partial charge < -0.3 is 15.5 Å². The molecule has 0 spiro atoms. The fourth-order valence-electron chi connectivity index (χ4n) is 3.71. The van der Waals surface area contributed by atoms with Gasteiger partial charge in [-0.15, -0.1) is 0 Å². The number of piperidine rings is 1. The minimum atomic E-state index is -0.254. The molecule has 2 N–H and O–H groups in total. The first-order valence-corrected chi connectivity index (χ1v) is 7.88. The van der Waals surface area contributed by atoms with Gasteiger partial charge in [0.2, 0.25) is 11.8 Å². The van der Waals surface area contributed by atoms with Crippen molar-refractivity contribution < 1.29 is 9.59 Å². The van der Waals surface area contributed by atoms with Crippen LogP contribution >= 0.6 is 0 Å². The van der Waals surface area contributed by atoms with Gasteiger partial charge >= 0.3 is 0 Å². The Labute approximate surface area is 121 Å². The summed E-state index contributed by atoms with van der Waals surface area (Å²) in [5.41, 5.74) is -0.239. The molecule has 2 saturated heterocycles. The Hall–Kier alpha value is -1.10. The van der Waals surface area contributed by atoms with Crippen LogP contribution in [0, 0.1) is 5.41 Å². The minimum absolute atomic E-state index is 0.0172. The number of nitrogens with zero attached hydrogens (tertiary/aromatic N) is 1. The van der Waals surface area contributed by atoms with E-state index >= 15 is 0 Å². The topological polar surface area (TPSA) is 61.4 Å². The van der Waals surface area contributed by atoms with Crippen LogP contribution in [-0.4, -0.2) is 49.4 Å². The van der Waals surface area contributed by atoms with Gasteiger partial charge in [-0.05, 0) is 45.2 Å². The summed E-state index contributed by atoms with van der Waals surface area (Å²) in [5.74, 6) is 0.198. The molecule has 5 nitrogen and oxygen atoms in total. The number of likely N-dealkylation sites (tertiary alicyclic amines) is 1. The summed E-state index contributed by atoms with van der Waals surface area (Å²) in [6.07, 6.45) is 5.48.